The van der Waals surface area contributed by atoms with E-state index < -0.39 is 6.36 Å². The van der Waals surface area contributed by atoms with Crippen molar-refractivity contribution in [3.8, 4) is 16.9 Å². The molecule has 1 saturated heterocycles. The van der Waals surface area contributed by atoms with E-state index in [1.165, 1.54) is 12.1 Å². The number of hydrogen-bond acceptors (Lipinski definition) is 5. The zero-order valence-corrected chi connectivity index (χ0v) is 18.3. The van der Waals surface area contributed by atoms with Crippen molar-refractivity contribution in [3.63, 3.8) is 0 Å². The molecule has 0 atom stereocenters. The second-order valence-electron chi connectivity index (χ2n) is 7.69. The zero-order chi connectivity index (χ0) is 23.4. The monoisotopic (exact) mass is 456 g/mol. The Labute approximate surface area is 189 Å². The summed E-state index contributed by atoms with van der Waals surface area (Å²) in [5.41, 5.74) is 4.18. The van der Waals surface area contributed by atoms with Crippen molar-refractivity contribution >= 4 is 11.7 Å². The minimum atomic E-state index is -4.72. The molecule has 172 valence electrons. The highest BCUT2D eigenvalue weighted by Crippen LogP contribution is 2.27. The third-order valence-electron chi connectivity index (χ3n) is 5.14. The Kier molecular flexibility index (Phi) is 6.60. The number of benzene rings is 1. The van der Waals surface area contributed by atoms with Crippen LogP contribution in [0.5, 0.6) is 5.75 Å². The number of aliphatic imine (C=N–C) groups is 1. The number of hydrogen-bond donors (Lipinski definition) is 0. The predicted octanol–water partition coefficient (Wildman–Crippen LogP) is 5.07. The average molecular weight is 456 g/mol. The molecule has 0 amide bonds. The number of nitrogens with zero attached hydrogens (tertiary/aromatic N) is 4. The van der Waals surface area contributed by atoms with Crippen LogP contribution < -0.4 is 4.74 Å². The lowest BCUT2D eigenvalue weighted by molar-refractivity contribution is -0.274. The predicted molar refractivity (Wildman–Crippen MR) is 119 cm³/mol. The van der Waals surface area contributed by atoms with Gasteiger partial charge in [-0.15, -0.1) is 13.2 Å². The van der Waals surface area contributed by atoms with Crippen molar-refractivity contribution < 1.29 is 22.6 Å². The SMILES string of the molecule is Cc1ccc(N=C(c2ncc(-c3ccc(OC(F)(F)F)cc3)cc2C)N2CCOCC2)nc1. The second-order valence-corrected chi connectivity index (χ2v) is 7.69. The number of rotatable bonds is 4. The first-order valence-corrected chi connectivity index (χ1v) is 10.5. The summed E-state index contributed by atoms with van der Waals surface area (Å²) in [6.07, 6.45) is -1.26. The summed E-state index contributed by atoms with van der Waals surface area (Å²) >= 11 is 0. The number of halogens is 3. The molecule has 4 rings (SSSR count). The molecule has 1 fully saturated rings. The summed E-state index contributed by atoms with van der Waals surface area (Å²) in [4.78, 5) is 16.0. The smallest absolute Gasteiger partial charge is 0.406 e. The Hall–Kier alpha value is -3.46. The highest BCUT2D eigenvalue weighted by atomic mass is 19.4. The Morgan fingerprint density at radius 2 is 1.70 bits per heavy atom. The lowest BCUT2D eigenvalue weighted by Crippen LogP contribution is -2.41. The fraction of sp³-hybridized carbons (Fsp3) is 0.292. The molecule has 1 aromatic carbocycles. The highest BCUT2D eigenvalue weighted by molar-refractivity contribution is 6.00. The van der Waals surface area contributed by atoms with Gasteiger partial charge in [-0.05, 0) is 54.8 Å². The molecule has 2 aromatic heterocycles. The number of pyridine rings is 2. The van der Waals surface area contributed by atoms with Gasteiger partial charge in [-0.3, -0.25) is 4.98 Å². The number of morpholine rings is 1. The van der Waals surface area contributed by atoms with Gasteiger partial charge in [-0.25, -0.2) is 9.98 Å². The minimum Gasteiger partial charge on any atom is -0.406 e. The van der Waals surface area contributed by atoms with E-state index in [4.69, 9.17) is 9.73 Å². The molecule has 1 aliphatic rings. The van der Waals surface area contributed by atoms with Crippen LogP contribution in [0.15, 0.2) is 59.9 Å². The third kappa shape index (κ3) is 5.87. The molecule has 0 saturated carbocycles. The summed E-state index contributed by atoms with van der Waals surface area (Å²) in [6, 6.07) is 11.5. The molecule has 6 nitrogen and oxygen atoms in total. The van der Waals surface area contributed by atoms with Crippen LogP contribution in [-0.4, -0.2) is 53.4 Å². The Bertz CT molecular complexity index is 1120. The van der Waals surface area contributed by atoms with Crippen molar-refractivity contribution in [3.05, 3.63) is 71.7 Å². The van der Waals surface area contributed by atoms with Crippen LogP contribution in [0.25, 0.3) is 11.1 Å². The molecule has 0 aliphatic carbocycles. The standard InChI is InChI=1S/C24H23F3N4O2/c1-16-3-8-21(28-14-16)30-23(31-9-11-32-12-10-31)22-17(2)13-19(15-29-22)18-4-6-20(7-5-18)33-24(25,26)27/h3-8,13-15H,9-12H2,1-2H3. The van der Waals surface area contributed by atoms with Crippen molar-refractivity contribution in [2.45, 2.75) is 20.2 Å². The number of amidine groups is 1. The van der Waals surface area contributed by atoms with Gasteiger partial charge in [0.25, 0.3) is 0 Å². The zero-order valence-electron chi connectivity index (χ0n) is 18.3. The molecule has 0 unspecified atom stereocenters. The van der Waals surface area contributed by atoms with Gasteiger partial charge in [0.05, 0.1) is 13.2 Å². The molecule has 9 heteroatoms. The summed E-state index contributed by atoms with van der Waals surface area (Å²) in [7, 11) is 0. The summed E-state index contributed by atoms with van der Waals surface area (Å²) in [5, 5.41) is 0. The molecular formula is C24H23F3N4O2. The van der Waals surface area contributed by atoms with Crippen LogP contribution in [0.2, 0.25) is 0 Å². The normalized spacial score (nSPS) is 14.9. The van der Waals surface area contributed by atoms with Crippen LogP contribution in [0.3, 0.4) is 0 Å². The fourth-order valence-corrected chi connectivity index (χ4v) is 3.50. The third-order valence-corrected chi connectivity index (χ3v) is 5.14. The van der Waals surface area contributed by atoms with Gasteiger partial charge < -0.3 is 14.4 Å². The van der Waals surface area contributed by atoms with Gasteiger partial charge in [-0.2, -0.15) is 0 Å². The van der Waals surface area contributed by atoms with Crippen LogP contribution in [0.4, 0.5) is 19.0 Å². The molecule has 33 heavy (non-hydrogen) atoms. The number of aromatic nitrogens is 2. The van der Waals surface area contributed by atoms with Crippen LogP contribution in [0.1, 0.15) is 16.8 Å². The molecule has 0 radical (unpaired) electrons. The van der Waals surface area contributed by atoms with Crippen LogP contribution in [0, 0.1) is 13.8 Å². The molecule has 0 spiro atoms. The van der Waals surface area contributed by atoms with E-state index in [1.54, 1.807) is 24.5 Å². The van der Waals surface area contributed by atoms with Crippen LogP contribution in [-0.2, 0) is 4.74 Å². The first kappa shape index (κ1) is 22.7. The largest absolute Gasteiger partial charge is 0.573 e. The molecule has 1 aliphatic heterocycles. The maximum Gasteiger partial charge on any atom is 0.573 e. The second kappa shape index (κ2) is 9.58. The summed E-state index contributed by atoms with van der Waals surface area (Å²) in [5.74, 6) is 1.04. The van der Waals surface area contributed by atoms with Gasteiger partial charge >= 0.3 is 6.36 Å². The lowest BCUT2D eigenvalue weighted by Gasteiger charge is -2.30. The first-order chi connectivity index (χ1) is 15.8. The van der Waals surface area contributed by atoms with Gasteiger partial charge in [0.1, 0.15) is 11.4 Å². The van der Waals surface area contributed by atoms with Crippen molar-refractivity contribution in [1.82, 2.24) is 14.9 Å². The van der Waals surface area contributed by atoms with E-state index in [2.05, 4.69) is 19.6 Å². The Morgan fingerprint density at radius 3 is 2.30 bits per heavy atom. The van der Waals surface area contributed by atoms with Crippen LogP contribution >= 0.6 is 0 Å². The Morgan fingerprint density at radius 1 is 0.970 bits per heavy atom. The number of aryl methyl sites for hydroxylation is 2. The number of ether oxygens (including phenoxy) is 2. The molecular weight excluding hydrogens is 433 g/mol. The average Bonchev–Trinajstić information content (AvgIpc) is 2.79. The topological polar surface area (TPSA) is 59.8 Å². The fourth-order valence-electron chi connectivity index (χ4n) is 3.50. The van der Waals surface area contributed by atoms with E-state index in [0.29, 0.717) is 38.0 Å². The van der Waals surface area contributed by atoms with Gasteiger partial charge in [-0.1, -0.05) is 18.2 Å². The molecule has 3 aromatic rings. The maximum atomic E-state index is 12.4. The van der Waals surface area contributed by atoms with Crippen molar-refractivity contribution in [2.75, 3.05) is 26.3 Å². The van der Waals surface area contributed by atoms with E-state index in [0.717, 1.165) is 27.9 Å². The lowest BCUT2D eigenvalue weighted by atomic mass is 10.0. The van der Waals surface area contributed by atoms with Gasteiger partial charge in [0.2, 0.25) is 0 Å². The first-order valence-electron chi connectivity index (χ1n) is 10.5. The van der Waals surface area contributed by atoms with E-state index in [1.807, 2.05) is 32.0 Å². The van der Waals surface area contributed by atoms with Gasteiger partial charge in [0, 0.05) is 31.0 Å². The maximum absolute atomic E-state index is 12.4. The van der Waals surface area contributed by atoms with E-state index >= 15 is 0 Å². The molecule has 0 N–H and O–H groups in total. The summed E-state index contributed by atoms with van der Waals surface area (Å²) < 4.78 is 46.7. The van der Waals surface area contributed by atoms with Crippen molar-refractivity contribution in [1.29, 1.82) is 0 Å². The van der Waals surface area contributed by atoms with E-state index in [9.17, 15) is 13.2 Å². The summed E-state index contributed by atoms with van der Waals surface area (Å²) in [6.45, 7) is 6.48. The van der Waals surface area contributed by atoms with Crippen molar-refractivity contribution in [2.24, 2.45) is 4.99 Å². The number of alkyl halides is 3. The Balaban J connectivity index is 1.65. The molecule has 3 heterocycles. The minimum absolute atomic E-state index is 0.264. The van der Waals surface area contributed by atoms with E-state index in [-0.39, 0.29) is 5.75 Å². The molecule has 0 bridgehead atoms. The quantitative estimate of drug-likeness (QED) is 0.405. The highest BCUT2D eigenvalue weighted by Gasteiger charge is 2.31. The van der Waals surface area contributed by atoms with Gasteiger partial charge in [0.15, 0.2) is 11.7 Å².